The zero-order valence-electron chi connectivity index (χ0n) is 18.0. The minimum absolute atomic E-state index is 0.190. The molecule has 1 aromatic heterocycles. The lowest BCUT2D eigenvalue weighted by Crippen LogP contribution is -2.31. The van der Waals surface area contributed by atoms with Gasteiger partial charge in [-0.05, 0) is 67.3 Å². The number of hydrogen-bond acceptors (Lipinski definition) is 5. The number of nitrogens with one attached hydrogen (secondary N) is 1. The Morgan fingerprint density at radius 1 is 0.938 bits per heavy atom. The first-order valence-corrected chi connectivity index (χ1v) is 11.8. The summed E-state index contributed by atoms with van der Waals surface area (Å²) in [6.07, 6.45) is 0. The Morgan fingerprint density at radius 3 is 2.22 bits per heavy atom. The predicted octanol–water partition coefficient (Wildman–Crippen LogP) is 5.64. The van der Waals surface area contributed by atoms with Gasteiger partial charge in [0.2, 0.25) is 0 Å². The average Bonchev–Trinajstić information content (AvgIpc) is 3.40. The molecule has 4 rings (SSSR count). The number of thiophene rings is 1. The first-order valence-electron chi connectivity index (χ1n) is 10.5. The zero-order valence-corrected chi connectivity index (χ0v) is 19.5. The molecule has 0 unspecified atom stereocenters. The van der Waals surface area contributed by atoms with Gasteiger partial charge in [-0.1, -0.05) is 29.8 Å². The highest BCUT2D eigenvalue weighted by Crippen LogP contribution is 2.34. The summed E-state index contributed by atoms with van der Waals surface area (Å²) in [4.78, 5) is 30.9. The largest absolute Gasteiger partial charge is 0.372 e. The molecular formula is C25H24ClN3O2S. The molecule has 5 nitrogen and oxygen atoms in total. The van der Waals surface area contributed by atoms with Gasteiger partial charge in [0, 0.05) is 34.4 Å². The van der Waals surface area contributed by atoms with Crippen molar-refractivity contribution in [2.75, 3.05) is 23.3 Å². The second kappa shape index (κ2) is 9.59. The van der Waals surface area contributed by atoms with Crippen molar-refractivity contribution in [2.45, 2.75) is 20.4 Å². The highest BCUT2D eigenvalue weighted by molar-refractivity contribution is 7.11. The van der Waals surface area contributed by atoms with Gasteiger partial charge < -0.3 is 10.2 Å². The van der Waals surface area contributed by atoms with Crippen molar-refractivity contribution in [3.8, 4) is 0 Å². The Bertz CT molecular complexity index is 1130. The van der Waals surface area contributed by atoms with E-state index >= 15 is 0 Å². The normalized spacial score (nSPS) is 13.8. The molecule has 0 atom stereocenters. The van der Waals surface area contributed by atoms with Crippen LogP contribution in [0.4, 0.5) is 11.4 Å². The van der Waals surface area contributed by atoms with Crippen LogP contribution < -0.4 is 10.2 Å². The molecule has 0 saturated carbocycles. The first-order chi connectivity index (χ1) is 15.5. The number of amides is 2. The van der Waals surface area contributed by atoms with E-state index < -0.39 is 0 Å². The molecule has 1 N–H and O–H groups in total. The van der Waals surface area contributed by atoms with Crippen molar-refractivity contribution in [2.24, 2.45) is 0 Å². The maximum absolute atomic E-state index is 13.3. The third-order valence-electron chi connectivity index (χ3n) is 5.45. The van der Waals surface area contributed by atoms with Crippen LogP contribution in [0.1, 0.15) is 24.3 Å². The summed E-state index contributed by atoms with van der Waals surface area (Å²) < 4.78 is 0. The van der Waals surface area contributed by atoms with Gasteiger partial charge in [-0.15, -0.1) is 11.3 Å². The van der Waals surface area contributed by atoms with Crippen molar-refractivity contribution in [1.29, 1.82) is 0 Å². The molecule has 1 aliphatic rings. The average molecular weight is 466 g/mol. The van der Waals surface area contributed by atoms with E-state index in [1.807, 2.05) is 53.9 Å². The fourth-order valence-corrected chi connectivity index (χ4v) is 4.64. The fraction of sp³-hybridized carbons (Fsp3) is 0.200. The lowest BCUT2D eigenvalue weighted by molar-refractivity contribution is -0.137. The van der Waals surface area contributed by atoms with E-state index in [0.29, 0.717) is 16.3 Å². The Labute approximate surface area is 196 Å². The summed E-state index contributed by atoms with van der Waals surface area (Å²) in [6.45, 7) is 6.26. The van der Waals surface area contributed by atoms with Crippen LogP contribution in [0.5, 0.6) is 0 Å². The van der Waals surface area contributed by atoms with E-state index in [2.05, 4.69) is 24.1 Å². The van der Waals surface area contributed by atoms with Crippen LogP contribution in [0.15, 0.2) is 71.7 Å². The van der Waals surface area contributed by atoms with Crippen LogP contribution in [-0.4, -0.2) is 29.8 Å². The van der Waals surface area contributed by atoms with E-state index in [0.717, 1.165) is 34.9 Å². The van der Waals surface area contributed by atoms with Crippen LogP contribution in [0.3, 0.4) is 0 Å². The van der Waals surface area contributed by atoms with Crippen LogP contribution in [0.25, 0.3) is 5.57 Å². The molecule has 1 aliphatic heterocycles. The van der Waals surface area contributed by atoms with Gasteiger partial charge in [0.15, 0.2) is 0 Å². The van der Waals surface area contributed by atoms with Gasteiger partial charge in [-0.2, -0.15) is 0 Å². The molecule has 0 bridgehead atoms. The number of imide groups is 1. The molecule has 2 heterocycles. The maximum atomic E-state index is 13.3. The van der Waals surface area contributed by atoms with Gasteiger partial charge in [0.05, 0.1) is 12.1 Å². The second-order valence-corrected chi connectivity index (χ2v) is 8.78. The number of carbonyl (C=O) groups excluding carboxylic acids is 2. The lowest BCUT2D eigenvalue weighted by Gasteiger charge is -2.21. The first kappa shape index (κ1) is 22.1. The summed E-state index contributed by atoms with van der Waals surface area (Å²) in [5.41, 5.74) is 3.44. The summed E-state index contributed by atoms with van der Waals surface area (Å²) >= 11 is 7.41. The third-order valence-corrected chi connectivity index (χ3v) is 6.59. The SMILES string of the molecule is CCN(CC)c1ccc(NC2=C(c3cccs3)C(=O)N(Cc3ccc(Cl)cc3)C2=O)cc1. The van der Waals surface area contributed by atoms with E-state index in [1.54, 1.807) is 12.1 Å². The van der Waals surface area contributed by atoms with Crippen molar-refractivity contribution in [1.82, 2.24) is 4.90 Å². The third kappa shape index (κ3) is 4.42. The van der Waals surface area contributed by atoms with E-state index in [4.69, 9.17) is 11.6 Å². The topological polar surface area (TPSA) is 52.7 Å². The number of nitrogens with zero attached hydrogens (tertiary/aromatic N) is 2. The Hall–Kier alpha value is -3.09. The Morgan fingerprint density at radius 2 is 1.62 bits per heavy atom. The van der Waals surface area contributed by atoms with Gasteiger partial charge in [0.25, 0.3) is 11.8 Å². The Balaban J connectivity index is 1.63. The molecule has 2 aromatic carbocycles. The summed E-state index contributed by atoms with van der Waals surface area (Å²) in [7, 11) is 0. The zero-order chi connectivity index (χ0) is 22.7. The smallest absolute Gasteiger partial charge is 0.278 e. The van der Waals surface area contributed by atoms with Gasteiger partial charge in [-0.3, -0.25) is 14.5 Å². The molecular weight excluding hydrogens is 442 g/mol. The predicted molar refractivity (Wildman–Crippen MR) is 132 cm³/mol. The quantitative estimate of drug-likeness (QED) is 0.437. The van der Waals surface area contributed by atoms with Crippen molar-refractivity contribution in [3.63, 3.8) is 0 Å². The van der Waals surface area contributed by atoms with Crippen LogP contribution in [-0.2, 0) is 16.1 Å². The molecule has 32 heavy (non-hydrogen) atoms. The number of benzene rings is 2. The van der Waals surface area contributed by atoms with Crippen LogP contribution in [0.2, 0.25) is 5.02 Å². The van der Waals surface area contributed by atoms with Crippen molar-refractivity contribution >= 4 is 51.7 Å². The molecule has 7 heteroatoms. The summed E-state index contributed by atoms with van der Waals surface area (Å²) in [5.74, 6) is -0.629. The molecule has 0 radical (unpaired) electrons. The molecule has 0 aliphatic carbocycles. The second-order valence-electron chi connectivity index (χ2n) is 7.39. The van der Waals surface area contributed by atoms with Crippen LogP contribution >= 0.6 is 22.9 Å². The molecule has 0 saturated heterocycles. The number of anilines is 2. The van der Waals surface area contributed by atoms with Gasteiger partial charge in [-0.25, -0.2) is 0 Å². The number of hydrogen-bond donors (Lipinski definition) is 1. The highest BCUT2D eigenvalue weighted by atomic mass is 35.5. The molecule has 3 aromatic rings. The van der Waals surface area contributed by atoms with Gasteiger partial charge >= 0.3 is 0 Å². The molecule has 0 spiro atoms. The van der Waals surface area contributed by atoms with E-state index in [1.165, 1.54) is 16.2 Å². The monoisotopic (exact) mass is 465 g/mol. The molecule has 0 fully saturated rings. The number of halogens is 1. The minimum atomic E-state index is -0.332. The summed E-state index contributed by atoms with van der Waals surface area (Å²) in [6, 6.07) is 18.8. The standard InChI is InChI=1S/C25H24ClN3O2S/c1-3-28(4-2)20-13-11-19(12-14-20)27-23-22(21-6-5-15-32-21)24(30)29(25(23)31)16-17-7-9-18(26)10-8-17/h5-15,27H,3-4,16H2,1-2H3. The number of rotatable bonds is 8. The number of carbonyl (C=O) groups is 2. The highest BCUT2D eigenvalue weighted by Gasteiger charge is 2.39. The van der Waals surface area contributed by atoms with Gasteiger partial charge in [0.1, 0.15) is 5.70 Å². The van der Waals surface area contributed by atoms with E-state index in [-0.39, 0.29) is 18.4 Å². The lowest BCUT2D eigenvalue weighted by atomic mass is 10.1. The van der Waals surface area contributed by atoms with Crippen LogP contribution in [0, 0.1) is 0 Å². The van der Waals surface area contributed by atoms with Crippen molar-refractivity contribution < 1.29 is 9.59 Å². The minimum Gasteiger partial charge on any atom is -0.372 e. The van der Waals surface area contributed by atoms with E-state index in [9.17, 15) is 9.59 Å². The maximum Gasteiger partial charge on any atom is 0.278 e. The molecule has 164 valence electrons. The van der Waals surface area contributed by atoms with Crippen molar-refractivity contribution in [3.05, 3.63) is 87.2 Å². The fourth-order valence-electron chi connectivity index (χ4n) is 3.75. The Kier molecular flexibility index (Phi) is 6.63. The summed E-state index contributed by atoms with van der Waals surface area (Å²) in [5, 5.41) is 5.73. The molecule has 2 amide bonds.